The number of alkyl halides is 1. The van der Waals surface area contributed by atoms with Crippen LogP contribution in [0.5, 0.6) is 5.75 Å². The molecule has 2 aromatic rings. The van der Waals surface area contributed by atoms with E-state index in [-0.39, 0.29) is 0 Å². The maximum absolute atomic E-state index is 6.02. The molecule has 0 unspecified atom stereocenters. The van der Waals surface area contributed by atoms with Crippen LogP contribution in [0.1, 0.15) is 32.5 Å². The number of unbranched alkanes of at least 4 members (excludes halogenated alkanes) is 1. The highest BCUT2D eigenvalue weighted by atomic mass is 35.5. The van der Waals surface area contributed by atoms with Crippen molar-refractivity contribution in [3.63, 3.8) is 0 Å². The van der Waals surface area contributed by atoms with Gasteiger partial charge in [0.15, 0.2) is 0 Å². The first-order valence-electron chi connectivity index (χ1n) is 7.36. The van der Waals surface area contributed by atoms with Crippen LogP contribution in [0.25, 0.3) is 11.0 Å². The number of nitrogens with zero attached hydrogens (tertiary/aromatic N) is 2. The Bertz CT molecular complexity index is 581. The molecule has 0 fully saturated rings. The first kappa shape index (κ1) is 16.1. The lowest BCUT2D eigenvalue weighted by atomic mass is 10.2. The van der Waals surface area contributed by atoms with E-state index < -0.39 is 0 Å². The Morgan fingerprint density at radius 1 is 1.29 bits per heavy atom. The van der Waals surface area contributed by atoms with Gasteiger partial charge in [-0.25, -0.2) is 4.98 Å². The van der Waals surface area contributed by atoms with E-state index in [4.69, 9.17) is 21.1 Å². The monoisotopic (exact) mass is 310 g/mol. The molecule has 0 N–H and O–H groups in total. The van der Waals surface area contributed by atoms with Gasteiger partial charge in [-0.15, -0.1) is 11.6 Å². The molecule has 0 aliphatic rings. The van der Waals surface area contributed by atoms with Gasteiger partial charge in [0.1, 0.15) is 11.6 Å². The van der Waals surface area contributed by atoms with Crippen LogP contribution >= 0.6 is 11.6 Å². The number of aromatic nitrogens is 2. The SMILES string of the molecule is COc1ccc2nc(CCl)n(CCCCOC(C)C)c2c1. The first-order valence-corrected chi connectivity index (χ1v) is 7.90. The number of ether oxygens (including phenoxy) is 2. The second-order valence-corrected chi connectivity index (χ2v) is 5.56. The van der Waals surface area contributed by atoms with Gasteiger partial charge in [0, 0.05) is 19.2 Å². The van der Waals surface area contributed by atoms with Crippen molar-refractivity contribution in [2.45, 2.75) is 45.2 Å². The Balaban J connectivity index is 2.09. The number of hydrogen-bond donors (Lipinski definition) is 0. The van der Waals surface area contributed by atoms with Crippen LogP contribution in [-0.2, 0) is 17.2 Å². The molecule has 0 spiro atoms. The number of fused-ring (bicyclic) bond motifs is 1. The fourth-order valence-corrected chi connectivity index (χ4v) is 2.53. The second kappa shape index (κ2) is 7.66. The summed E-state index contributed by atoms with van der Waals surface area (Å²) < 4.78 is 13.0. The van der Waals surface area contributed by atoms with Crippen molar-refractivity contribution in [2.24, 2.45) is 0 Å². The van der Waals surface area contributed by atoms with E-state index in [0.29, 0.717) is 12.0 Å². The molecule has 0 saturated carbocycles. The molecule has 1 heterocycles. The fraction of sp³-hybridized carbons (Fsp3) is 0.562. The summed E-state index contributed by atoms with van der Waals surface area (Å²) in [5, 5.41) is 0. The summed E-state index contributed by atoms with van der Waals surface area (Å²) in [6.45, 7) is 5.81. The minimum Gasteiger partial charge on any atom is -0.497 e. The number of halogens is 1. The van der Waals surface area contributed by atoms with Gasteiger partial charge in [0.2, 0.25) is 0 Å². The highest BCUT2D eigenvalue weighted by molar-refractivity contribution is 6.16. The van der Waals surface area contributed by atoms with E-state index in [2.05, 4.69) is 23.4 Å². The number of aryl methyl sites for hydroxylation is 1. The molecule has 0 bridgehead atoms. The van der Waals surface area contributed by atoms with Crippen molar-refractivity contribution in [2.75, 3.05) is 13.7 Å². The predicted molar refractivity (Wildman–Crippen MR) is 86.2 cm³/mol. The molecule has 0 aliphatic heterocycles. The zero-order valence-electron chi connectivity index (χ0n) is 12.9. The van der Waals surface area contributed by atoms with Gasteiger partial charge < -0.3 is 14.0 Å². The van der Waals surface area contributed by atoms with Gasteiger partial charge in [-0.05, 0) is 38.8 Å². The van der Waals surface area contributed by atoms with Gasteiger partial charge in [-0.2, -0.15) is 0 Å². The highest BCUT2D eigenvalue weighted by Crippen LogP contribution is 2.23. The second-order valence-electron chi connectivity index (χ2n) is 5.29. The van der Waals surface area contributed by atoms with Crippen LogP contribution in [0.2, 0.25) is 0 Å². The third-order valence-corrected chi connectivity index (χ3v) is 3.62. The lowest BCUT2D eigenvalue weighted by Gasteiger charge is -2.10. The molecule has 0 atom stereocenters. The van der Waals surface area contributed by atoms with Crippen molar-refractivity contribution < 1.29 is 9.47 Å². The molecule has 21 heavy (non-hydrogen) atoms. The number of imidazole rings is 1. The van der Waals surface area contributed by atoms with Gasteiger partial charge in [0.25, 0.3) is 0 Å². The Morgan fingerprint density at radius 2 is 2.10 bits per heavy atom. The van der Waals surface area contributed by atoms with Crippen molar-refractivity contribution in [1.29, 1.82) is 0 Å². The van der Waals surface area contributed by atoms with Crippen molar-refractivity contribution in [3.05, 3.63) is 24.0 Å². The molecular weight excluding hydrogens is 288 g/mol. The summed E-state index contributed by atoms with van der Waals surface area (Å²) in [4.78, 5) is 4.58. The van der Waals surface area contributed by atoms with E-state index in [1.54, 1.807) is 7.11 Å². The van der Waals surface area contributed by atoms with Gasteiger partial charge in [-0.3, -0.25) is 0 Å². The molecular formula is C16H23ClN2O2. The summed E-state index contributed by atoms with van der Waals surface area (Å²) in [6, 6.07) is 5.92. The average Bonchev–Trinajstić information content (AvgIpc) is 2.83. The van der Waals surface area contributed by atoms with Crippen LogP contribution in [-0.4, -0.2) is 29.4 Å². The molecule has 0 amide bonds. The molecule has 1 aromatic heterocycles. The molecule has 4 nitrogen and oxygen atoms in total. The van der Waals surface area contributed by atoms with Crippen molar-refractivity contribution in [1.82, 2.24) is 9.55 Å². The summed E-state index contributed by atoms with van der Waals surface area (Å²) in [5.74, 6) is 2.16. The van der Waals surface area contributed by atoms with E-state index in [0.717, 1.165) is 48.6 Å². The largest absolute Gasteiger partial charge is 0.497 e. The molecule has 0 radical (unpaired) electrons. The smallest absolute Gasteiger partial charge is 0.124 e. The number of hydrogen-bond acceptors (Lipinski definition) is 3. The fourth-order valence-electron chi connectivity index (χ4n) is 2.32. The number of benzene rings is 1. The zero-order valence-corrected chi connectivity index (χ0v) is 13.7. The average molecular weight is 311 g/mol. The zero-order chi connectivity index (χ0) is 15.2. The Labute approximate surface area is 131 Å². The van der Waals surface area contributed by atoms with Crippen LogP contribution in [0.3, 0.4) is 0 Å². The van der Waals surface area contributed by atoms with Gasteiger partial charge in [0.05, 0.1) is 30.1 Å². The normalized spacial score (nSPS) is 11.5. The standard InChI is InChI=1S/C16H23ClN2O2/c1-12(2)21-9-5-4-8-19-15-10-13(20-3)6-7-14(15)18-16(19)11-17/h6-7,10,12H,4-5,8-9,11H2,1-3H3. The van der Waals surface area contributed by atoms with Crippen LogP contribution < -0.4 is 4.74 Å². The minimum atomic E-state index is 0.293. The van der Waals surface area contributed by atoms with Crippen LogP contribution in [0.4, 0.5) is 0 Å². The first-order chi connectivity index (χ1) is 10.2. The van der Waals surface area contributed by atoms with E-state index in [1.807, 2.05) is 18.2 Å². The van der Waals surface area contributed by atoms with Gasteiger partial charge in [-0.1, -0.05) is 0 Å². The van der Waals surface area contributed by atoms with Crippen LogP contribution in [0, 0.1) is 0 Å². The molecule has 0 aliphatic carbocycles. The maximum atomic E-state index is 6.02. The number of rotatable bonds is 8. The summed E-state index contributed by atoms with van der Waals surface area (Å²) in [5.41, 5.74) is 2.04. The summed E-state index contributed by atoms with van der Waals surface area (Å²) >= 11 is 6.02. The molecule has 0 saturated heterocycles. The quantitative estimate of drug-likeness (QED) is 0.546. The van der Waals surface area contributed by atoms with Crippen LogP contribution in [0.15, 0.2) is 18.2 Å². The molecule has 1 aromatic carbocycles. The van der Waals surface area contributed by atoms with Gasteiger partial charge >= 0.3 is 0 Å². The van der Waals surface area contributed by atoms with E-state index >= 15 is 0 Å². The summed E-state index contributed by atoms with van der Waals surface area (Å²) in [6.07, 6.45) is 2.37. The molecule has 5 heteroatoms. The Morgan fingerprint density at radius 3 is 2.76 bits per heavy atom. The lowest BCUT2D eigenvalue weighted by Crippen LogP contribution is -2.07. The third kappa shape index (κ3) is 4.11. The predicted octanol–water partition coefficient (Wildman–Crippen LogP) is 3.99. The molecule has 116 valence electrons. The van der Waals surface area contributed by atoms with Crippen molar-refractivity contribution >= 4 is 22.6 Å². The van der Waals surface area contributed by atoms with E-state index in [9.17, 15) is 0 Å². The Kier molecular flexibility index (Phi) is 5.88. The van der Waals surface area contributed by atoms with E-state index in [1.165, 1.54) is 0 Å². The topological polar surface area (TPSA) is 36.3 Å². The maximum Gasteiger partial charge on any atom is 0.124 e. The highest BCUT2D eigenvalue weighted by Gasteiger charge is 2.10. The lowest BCUT2D eigenvalue weighted by molar-refractivity contribution is 0.0754. The minimum absolute atomic E-state index is 0.293. The van der Waals surface area contributed by atoms with Crippen molar-refractivity contribution in [3.8, 4) is 5.75 Å². The third-order valence-electron chi connectivity index (χ3n) is 3.38. The Hall–Kier alpha value is -1.26. The summed E-state index contributed by atoms with van der Waals surface area (Å²) in [7, 11) is 1.67. The molecule has 2 rings (SSSR count). The number of methoxy groups -OCH3 is 1.